The van der Waals surface area contributed by atoms with E-state index in [1.165, 1.54) is 11.5 Å². The van der Waals surface area contributed by atoms with Crippen LogP contribution in [0.1, 0.15) is 16.0 Å². The zero-order chi connectivity index (χ0) is 21.6. The van der Waals surface area contributed by atoms with Crippen molar-refractivity contribution in [3.05, 3.63) is 69.3 Å². The molecule has 158 valence electrons. The number of aromatic nitrogens is 3. The Morgan fingerprint density at radius 2 is 2.06 bits per heavy atom. The predicted molar refractivity (Wildman–Crippen MR) is 116 cm³/mol. The number of hydrogen-bond donors (Lipinski definition) is 2. The first-order valence-corrected chi connectivity index (χ1v) is 10.6. The number of hydrogen-bond acceptors (Lipinski definition) is 6. The van der Waals surface area contributed by atoms with Crippen molar-refractivity contribution in [3.8, 4) is 5.75 Å². The number of halogens is 4. The largest absolute Gasteiger partial charge is 0.416 e. The molecule has 0 spiro atoms. The van der Waals surface area contributed by atoms with Crippen LogP contribution in [0.5, 0.6) is 5.75 Å². The molecule has 0 bridgehead atoms. The van der Waals surface area contributed by atoms with Crippen LogP contribution < -0.4 is 10.2 Å². The number of nitrogens with one attached hydrogen (secondary N) is 2. The Balaban J connectivity index is 1.41. The number of aromatic amines is 1. The number of fused-ring (bicyclic) bond motifs is 2. The maximum atomic E-state index is 13.1. The quantitative estimate of drug-likeness (QED) is 0.338. The molecule has 2 aromatic carbocycles. The van der Waals surface area contributed by atoms with E-state index >= 15 is 0 Å². The molecule has 2 N–H and O–H groups in total. The molecule has 0 radical (unpaired) electrons. The van der Waals surface area contributed by atoms with Crippen LogP contribution in [-0.2, 0) is 12.7 Å². The molecule has 0 amide bonds. The third kappa shape index (κ3) is 3.98. The second-order valence-corrected chi connectivity index (χ2v) is 8.44. The molecule has 6 nitrogen and oxygen atoms in total. The van der Waals surface area contributed by atoms with E-state index in [1.807, 2.05) is 30.6 Å². The fraction of sp³-hybridized carbons (Fsp3) is 0.100. The summed E-state index contributed by atoms with van der Waals surface area (Å²) in [7, 11) is 0. The Hall–Kier alpha value is -3.05. The van der Waals surface area contributed by atoms with E-state index in [1.54, 1.807) is 17.2 Å². The lowest BCUT2D eigenvalue weighted by Gasteiger charge is -2.24. The molecular formula is C20H13BrF3N5OS. The van der Waals surface area contributed by atoms with Gasteiger partial charge in [-0.3, -0.25) is 0 Å². The van der Waals surface area contributed by atoms with Gasteiger partial charge in [0.2, 0.25) is 5.95 Å². The summed E-state index contributed by atoms with van der Waals surface area (Å²) >= 11 is 4.60. The highest BCUT2D eigenvalue weighted by molar-refractivity contribution is 9.10. The van der Waals surface area contributed by atoms with E-state index in [9.17, 15) is 13.2 Å². The van der Waals surface area contributed by atoms with Gasteiger partial charge >= 0.3 is 6.18 Å². The van der Waals surface area contributed by atoms with E-state index in [-0.39, 0.29) is 9.99 Å². The molecule has 0 saturated heterocycles. The van der Waals surface area contributed by atoms with Crippen molar-refractivity contribution in [2.75, 3.05) is 5.32 Å². The van der Waals surface area contributed by atoms with Crippen LogP contribution in [0.2, 0.25) is 0 Å². The topological polar surface area (TPSA) is 66.1 Å². The molecule has 0 aliphatic carbocycles. The van der Waals surface area contributed by atoms with E-state index in [2.05, 4.69) is 35.6 Å². The first kappa shape index (κ1) is 19.9. The van der Waals surface area contributed by atoms with E-state index in [4.69, 9.17) is 4.84 Å². The Kier molecular flexibility index (Phi) is 4.86. The molecule has 0 saturated carbocycles. The summed E-state index contributed by atoms with van der Waals surface area (Å²) in [6.07, 6.45) is 1.12. The van der Waals surface area contributed by atoms with Crippen LogP contribution in [0.3, 0.4) is 0 Å². The molecular weight excluding hydrogens is 495 g/mol. The molecule has 2 aromatic heterocycles. The molecule has 3 heterocycles. The first-order chi connectivity index (χ1) is 14.9. The van der Waals surface area contributed by atoms with Gasteiger partial charge < -0.3 is 15.1 Å². The number of rotatable bonds is 4. The monoisotopic (exact) mass is 507 g/mol. The molecule has 0 atom stereocenters. The number of benzene rings is 2. The number of para-hydroxylation sites is 2. The summed E-state index contributed by atoms with van der Waals surface area (Å²) in [6.45, 7) is 0.550. The molecule has 1 aliphatic heterocycles. The van der Waals surface area contributed by atoms with Crippen LogP contribution in [0.15, 0.2) is 53.3 Å². The fourth-order valence-corrected chi connectivity index (χ4v) is 4.36. The summed E-state index contributed by atoms with van der Waals surface area (Å²) in [5, 5.41) is 4.78. The van der Waals surface area contributed by atoms with Gasteiger partial charge in [0.1, 0.15) is 5.52 Å². The number of nitrogens with zero attached hydrogens (tertiary/aromatic N) is 3. The van der Waals surface area contributed by atoms with Crippen molar-refractivity contribution in [2.45, 2.75) is 12.7 Å². The van der Waals surface area contributed by atoms with Crippen LogP contribution in [0.4, 0.5) is 24.8 Å². The maximum Gasteiger partial charge on any atom is 0.416 e. The summed E-state index contributed by atoms with van der Waals surface area (Å²) in [6, 6.07) is 9.28. The number of anilines is 2. The molecule has 0 fully saturated rings. The summed E-state index contributed by atoms with van der Waals surface area (Å²) < 4.78 is 43.7. The molecule has 31 heavy (non-hydrogen) atoms. The minimum Gasteiger partial charge on any atom is -0.378 e. The second-order valence-electron chi connectivity index (χ2n) is 6.76. The SMILES string of the molecule is FC(F)(F)c1cc(Br)c2nc(Nc3ccccc3ON3C=Cc4sncc4C3)[nH]c2c1. The van der Waals surface area contributed by atoms with Gasteiger partial charge in [-0.1, -0.05) is 12.1 Å². The zero-order valence-corrected chi connectivity index (χ0v) is 18.0. The number of H-pyrrole nitrogens is 1. The minimum atomic E-state index is -4.45. The lowest BCUT2D eigenvalue weighted by molar-refractivity contribution is -0.137. The number of hydroxylamine groups is 2. The van der Waals surface area contributed by atoms with Gasteiger partial charge in [-0.05, 0) is 57.8 Å². The normalized spacial score (nSPS) is 13.5. The maximum absolute atomic E-state index is 13.1. The summed E-state index contributed by atoms with van der Waals surface area (Å²) in [5.74, 6) is 0.832. The van der Waals surface area contributed by atoms with Crippen molar-refractivity contribution >= 4 is 56.2 Å². The average molecular weight is 508 g/mol. The molecule has 4 aromatic rings. The van der Waals surface area contributed by atoms with Gasteiger partial charge in [0.05, 0.1) is 28.2 Å². The highest BCUT2D eigenvalue weighted by Crippen LogP contribution is 2.36. The summed E-state index contributed by atoms with van der Waals surface area (Å²) in [4.78, 5) is 14.4. The van der Waals surface area contributed by atoms with E-state index in [0.29, 0.717) is 29.4 Å². The smallest absolute Gasteiger partial charge is 0.378 e. The Morgan fingerprint density at radius 1 is 1.23 bits per heavy atom. The predicted octanol–water partition coefficient (Wildman–Crippen LogP) is 6.32. The van der Waals surface area contributed by atoms with Crippen LogP contribution >= 0.6 is 27.5 Å². The molecule has 5 rings (SSSR count). The zero-order valence-electron chi connectivity index (χ0n) is 15.6. The van der Waals surface area contributed by atoms with Crippen molar-refractivity contribution < 1.29 is 18.0 Å². The number of imidazole rings is 1. The molecule has 11 heteroatoms. The van der Waals surface area contributed by atoms with Gasteiger partial charge in [-0.25, -0.2) is 14.4 Å². The van der Waals surface area contributed by atoms with Crippen molar-refractivity contribution in [2.24, 2.45) is 0 Å². The van der Waals surface area contributed by atoms with Gasteiger partial charge in [-0.2, -0.15) is 13.2 Å². The highest BCUT2D eigenvalue weighted by Gasteiger charge is 2.31. The van der Waals surface area contributed by atoms with Crippen LogP contribution in [0.25, 0.3) is 17.1 Å². The Labute approximate surface area is 186 Å². The molecule has 1 aliphatic rings. The lowest BCUT2D eigenvalue weighted by atomic mass is 10.2. The molecule has 0 unspecified atom stereocenters. The average Bonchev–Trinajstić information content (AvgIpc) is 3.35. The Morgan fingerprint density at radius 3 is 2.90 bits per heavy atom. The van der Waals surface area contributed by atoms with E-state index in [0.717, 1.165) is 22.6 Å². The van der Waals surface area contributed by atoms with Crippen LogP contribution in [-0.4, -0.2) is 19.4 Å². The van der Waals surface area contributed by atoms with Gasteiger partial charge in [0, 0.05) is 22.4 Å². The standard InChI is InChI=1S/C20H13BrF3N5OS/c21-13-7-12(20(22,23)24)8-15-18(13)28-19(27-15)26-14-3-1-2-4-16(14)30-29-6-5-17-11(10-29)9-25-31-17/h1-9H,10H2,(H2,26,27,28). The Bertz CT molecular complexity index is 1300. The third-order valence-corrected chi connectivity index (χ3v) is 6.03. The lowest BCUT2D eigenvalue weighted by Crippen LogP contribution is -2.23. The minimum absolute atomic E-state index is 0.254. The van der Waals surface area contributed by atoms with E-state index < -0.39 is 11.7 Å². The second kappa shape index (κ2) is 7.57. The summed E-state index contributed by atoms with van der Waals surface area (Å²) in [5.41, 5.74) is 1.58. The van der Waals surface area contributed by atoms with Gasteiger partial charge in [0.25, 0.3) is 0 Å². The van der Waals surface area contributed by atoms with Gasteiger partial charge in [0.15, 0.2) is 5.75 Å². The van der Waals surface area contributed by atoms with Gasteiger partial charge in [-0.15, -0.1) is 0 Å². The number of alkyl halides is 3. The van der Waals surface area contributed by atoms with Crippen molar-refractivity contribution in [3.63, 3.8) is 0 Å². The van der Waals surface area contributed by atoms with Crippen molar-refractivity contribution in [1.29, 1.82) is 0 Å². The first-order valence-electron chi connectivity index (χ1n) is 9.06. The third-order valence-electron chi connectivity index (χ3n) is 4.62. The van der Waals surface area contributed by atoms with Crippen LogP contribution in [0, 0.1) is 0 Å². The highest BCUT2D eigenvalue weighted by atomic mass is 79.9. The van der Waals surface area contributed by atoms with Crippen molar-refractivity contribution in [1.82, 2.24) is 19.4 Å². The fourth-order valence-electron chi connectivity index (χ4n) is 3.16.